The first-order valence-corrected chi connectivity index (χ1v) is 7.40. The Morgan fingerprint density at radius 2 is 2.20 bits per heavy atom. The molecule has 1 N–H and O–H groups in total. The van der Waals surface area contributed by atoms with E-state index in [1.54, 1.807) is 18.0 Å². The summed E-state index contributed by atoms with van der Waals surface area (Å²) >= 11 is 1.73. The topological polar surface area (TPSA) is 55.1 Å². The number of hydrogen-bond acceptors (Lipinski definition) is 5. The fourth-order valence-corrected chi connectivity index (χ4v) is 2.66. The Kier molecular flexibility index (Phi) is 3.83. The van der Waals surface area contributed by atoms with Crippen molar-refractivity contribution >= 4 is 23.2 Å². The summed E-state index contributed by atoms with van der Waals surface area (Å²) in [5, 5.41) is 8.71. The zero-order chi connectivity index (χ0) is 13.8. The van der Waals surface area contributed by atoms with Crippen molar-refractivity contribution in [2.75, 3.05) is 17.6 Å². The molecule has 0 aliphatic carbocycles. The molecule has 0 aliphatic heterocycles. The van der Waals surface area contributed by atoms with Crippen LogP contribution in [0, 0.1) is 6.92 Å². The van der Waals surface area contributed by atoms with E-state index in [1.165, 1.54) is 0 Å². The van der Waals surface area contributed by atoms with E-state index in [0.717, 1.165) is 34.5 Å². The van der Waals surface area contributed by atoms with E-state index in [4.69, 9.17) is 0 Å². The van der Waals surface area contributed by atoms with Crippen LogP contribution in [0.2, 0.25) is 0 Å². The molecule has 0 atom stereocenters. The molecule has 3 aromatic rings. The lowest BCUT2D eigenvalue weighted by Crippen LogP contribution is -2.09. The van der Waals surface area contributed by atoms with Gasteiger partial charge in [0, 0.05) is 36.3 Å². The second kappa shape index (κ2) is 5.92. The molecule has 3 heterocycles. The van der Waals surface area contributed by atoms with Crippen LogP contribution in [0.3, 0.4) is 0 Å². The van der Waals surface area contributed by atoms with Crippen LogP contribution in [-0.4, -0.2) is 31.9 Å². The van der Waals surface area contributed by atoms with Gasteiger partial charge < -0.3 is 5.32 Å². The fourth-order valence-electron chi connectivity index (χ4n) is 1.93. The van der Waals surface area contributed by atoms with Gasteiger partial charge in [-0.15, -0.1) is 11.8 Å². The zero-order valence-electron chi connectivity index (χ0n) is 11.2. The molecular weight excluding hydrogens is 270 g/mol. The lowest BCUT2D eigenvalue weighted by atomic mass is 10.4. The van der Waals surface area contributed by atoms with Gasteiger partial charge in [0.25, 0.3) is 0 Å². The molecular formula is C14H15N5S. The normalized spacial score (nSPS) is 10.8. The minimum Gasteiger partial charge on any atom is -0.369 e. The summed E-state index contributed by atoms with van der Waals surface area (Å²) in [6.45, 7) is 2.83. The van der Waals surface area contributed by atoms with Crippen molar-refractivity contribution in [2.24, 2.45) is 0 Å². The number of anilines is 1. The Bertz CT molecular complexity index is 695. The second-order valence-corrected chi connectivity index (χ2v) is 5.44. The molecule has 0 radical (unpaired) electrons. The summed E-state index contributed by atoms with van der Waals surface area (Å²) in [7, 11) is 0. The van der Waals surface area contributed by atoms with Crippen LogP contribution in [0.5, 0.6) is 0 Å². The van der Waals surface area contributed by atoms with Crippen LogP contribution in [0.1, 0.15) is 5.69 Å². The van der Waals surface area contributed by atoms with Gasteiger partial charge in [0.1, 0.15) is 5.82 Å². The quantitative estimate of drug-likeness (QED) is 0.577. The Morgan fingerprint density at radius 1 is 1.25 bits per heavy atom. The highest BCUT2D eigenvalue weighted by Gasteiger charge is 2.03. The summed E-state index contributed by atoms with van der Waals surface area (Å²) in [5.74, 6) is 1.92. The smallest absolute Gasteiger partial charge is 0.157 e. The molecule has 0 saturated heterocycles. The van der Waals surface area contributed by atoms with Crippen molar-refractivity contribution < 1.29 is 0 Å². The van der Waals surface area contributed by atoms with Crippen molar-refractivity contribution in [3.8, 4) is 0 Å². The third-order valence-corrected chi connectivity index (χ3v) is 3.73. The van der Waals surface area contributed by atoms with Gasteiger partial charge in [-0.2, -0.15) is 9.61 Å². The average molecular weight is 285 g/mol. The number of aromatic nitrogens is 4. The summed E-state index contributed by atoms with van der Waals surface area (Å²) in [6, 6.07) is 9.86. The Morgan fingerprint density at radius 3 is 3.05 bits per heavy atom. The second-order valence-electron chi connectivity index (χ2n) is 4.33. The van der Waals surface area contributed by atoms with E-state index >= 15 is 0 Å². The van der Waals surface area contributed by atoms with E-state index in [0.29, 0.717) is 0 Å². The van der Waals surface area contributed by atoms with Crippen LogP contribution < -0.4 is 5.32 Å². The molecule has 3 aromatic heterocycles. The molecule has 20 heavy (non-hydrogen) atoms. The summed E-state index contributed by atoms with van der Waals surface area (Å²) < 4.78 is 1.82. The van der Waals surface area contributed by atoms with E-state index < -0.39 is 0 Å². The summed E-state index contributed by atoms with van der Waals surface area (Å²) in [5.41, 5.74) is 1.85. The highest BCUT2D eigenvalue weighted by atomic mass is 32.2. The molecule has 0 unspecified atom stereocenters. The van der Waals surface area contributed by atoms with Gasteiger partial charge >= 0.3 is 0 Å². The van der Waals surface area contributed by atoms with E-state index in [9.17, 15) is 0 Å². The molecule has 102 valence electrons. The molecule has 0 spiro atoms. The van der Waals surface area contributed by atoms with E-state index in [2.05, 4.69) is 20.4 Å². The molecule has 0 saturated carbocycles. The van der Waals surface area contributed by atoms with Gasteiger partial charge in [0.2, 0.25) is 0 Å². The standard InChI is InChI=1S/C14H15N5S/c1-11-10-13(19-12(18-11)5-7-17-19)15-8-9-20-14-4-2-3-6-16-14/h2-7,10,15H,8-9H2,1H3. The number of fused-ring (bicyclic) bond motifs is 1. The third kappa shape index (κ3) is 2.91. The Hall–Kier alpha value is -2.08. The molecule has 5 nitrogen and oxygen atoms in total. The zero-order valence-corrected chi connectivity index (χ0v) is 12.0. The average Bonchev–Trinajstić information content (AvgIpc) is 2.92. The van der Waals surface area contributed by atoms with Crippen LogP contribution in [0.25, 0.3) is 5.65 Å². The first kappa shape index (κ1) is 12.9. The van der Waals surface area contributed by atoms with Crippen LogP contribution >= 0.6 is 11.8 Å². The largest absolute Gasteiger partial charge is 0.369 e. The van der Waals surface area contributed by atoms with Gasteiger partial charge in [0.05, 0.1) is 11.2 Å². The Balaban J connectivity index is 1.61. The van der Waals surface area contributed by atoms with Crippen molar-refractivity contribution in [1.29, 1.82) is 0 Å². The lowest BCUT2D eigenvalue weighted by molar-refractivity contribution is 0.924. The number of hydrogen-bond donors (Lipinski definition) is 1. The van der Waals surface area contributed by atoms with E-state index in [-0.39, 0.29) is 0 Å². The highest BCUT2D eigenvalue weighted by molar-refractivity contribution is 7.99. The summed E-state index contributed by atoms with van der Waals surface area (Å²) in [4.78, 5) is 8.70. The Labute approximate surface area is 121 Å². The maximum Gasteiger partial charge on any atom is 0.157 e. The molecule has 0 bridgehead atoms. The van der Waals surface area contributed by atoms with Gasteiger partial charge in [-0.3, -0.25) is 0 Å². The van der Waals surface area contributed by atoms with E-state index in [1.807, 2.05) is 48.0 Å². The minimum atomic E-state index is 0.847. The molecule has 0 fully saturated rings. The van der Waals surface area contributed by atoms with Crippen LogP contribution in [0.4, 0.5) is 5.82 Å². The first-order valence-electron chi connectivity index (χ1n) is 6.42. The number of nitrogens with one attached hydrogen (secondary N) is 1. The first-order chi connectivity index (χ1) is 9.83. The monoisotopic (exact) mass is 285 g/mol. The molecule has 0 amide bonds. The van der Waals surface area contributed by atoms with Gasteiger partial charge in [0.15, 0.2) is 5.65 Å². The van der Waals surface area contributed by atoms with Gasteiger partial charge in [-0.25, -0.2) is 9.97 Å². The number of nitrogens with zero attached hydrogens (tertiary/aromatic N) is 4. The third-order valence-electron chi connectivity index (χ3n) is 2.78. The fraction of sp³-hybridized carbons (Fsp3) is 0.214. The van der Waals surface area contributed by atoms with Crippen LogP contribution in [0.15, 0.2) is 47.8 Å². The molecule has 0 aliphatic rings. The van der Waals surface area contributed by atoms with Crippen molar-refractivity contribution in [2.45, 2.75) is 11.9 Å². The lowest BCUT2D eigenvalue weighted by Gasteiger charge is -2.08. The van der Waals surface area contributed by atoms with Crippen molar-refractivity contribution in [1.82, 2.24) is 19.6 Å². The number of thioether (sulfide) groups is 1. The summed E-state index contributed by atoms with van der Waals surface area (Å²) in [6.07, 6.45) is 3.57. The predicted molar refractivity (Wildman–Crippen MR) is 81.2 cm³/mol. The van der Waals surface area contributed by atoms with Gasteiger partial charge in [-0.05, 0) is 19.1 Å². The maximum absolute atomic E-state index is 4.42. The van der Waals surface area contributed by atoms with Gasteiger partial charge in [-0.1, -0.05) is 6.07 Å². The van der Waals surface area contributed by atoms with Crippen molar-refractivity contribution in [3.63, 3.8) is 0 Å². The highest BCUT2D eigenvalue weighted by Crippen LogP contribution is 2.15. The molecule has 0 aromatic carbocycles. The predicted octanol–water partition coefficient (Wildman–Crippen LogP) is 2.64. The van der Waals surface area contributed by atoms with Crippen molar-refractivity contribution in [3.05, 3.63) is 48.4 Å². The minimum absolute atomic E-state index is 0.847. The number of rotatable bonds is 5. The van der Waals surface area contributed by atoms with Crippen LogP contribution in [-0.2, 0) is 0 Å². The molecule has 3 rings (SSSR count). The number of pyridine rings is 1. The molecule has 6 heteroatoms. The number of aryl methyl sites for hydroxylation is 1. The maximum atomic E-state index is 4.42. The SMILES string of the molecule is Cc1cc(NCCSc2ccccn2)n2nccc2n1.